The van der Waals surface area contributed by atoms with Gasteiger partial charge in [-0.2, -0.15) is 0 Å². The number of rotatable bonds is 5. The van der Waals surface area contributed by atoms with Crippen LogP contribution in [0.25, 0.3) is 0 Å². The fourth-order valence-electron chi connectivity index (χ4n) is 2.62. The van der Waals surface area contributed by atoms with Gasteiger partial charge in [-0.25, -0.2) is 14.1 Å². The predicted molar refractivity (Wildman–Crippen MR) is 78.4 cm³/mol. The summed E-state index contributed by atoms with van der Waals surface area (Å²) in [6, 6.07) is 0.231. The van der Waals surface area contributed by atoms with Gasteiger partial charge in [0.15, 0.2) is 0 Å². The molecule has 1 fully saturated rings. The number of carbonyl (C=O) groups excluding carboxylic acids is 1. The second-order valence-electron chi connectivity index (χ2n) is 5.76. The molecule has 3 rings (SSSR count). The zero-order valence-corrected chi connectivity index (χ0v) is 13.1. The SMILES string of the molecule is Cc1nonc1Cn1cc(COC(=O)NC2CCCCC2)nn1. The maximum absolute atomic E-state index is 11.8. The van der Waals surface area contributed by atoms with Gasteiger partial charge in [-0.3, -0.25) is 0 Å². The van der Waals surface area contributed by atoms with E-state index in [0.717, 1.165) is 25.7 Å². The first-order chi connectivity index (χ1) is 11.2. The normalized spacial score (nSPS) is 15.5. The number of aromatic nitrogens is 5. The van der Waals surface area contributed by atoms with E-state index < -0.39 is 6.09 Å². The largest absolute Gasteiger partial charge is 0.443 e. The molecule has 0 atom stereocenters. The van der Waals surface area contributed by atoms with Crippen LogP contribution in [0.3, 0.4) is 0 Å². The third kappa shape index (κ3) is 4.27. The molecule has 1 N–H and O–H groups in total. The summed E-state index contributed by atoms with van der Waals surface area (Å²) in [5, 5.41) is 18.3. The van der Waals surface area contributed by atoms with E-state index in [4.69, 9.17) is 4.74 Å². The van der Waals surface area contributed by atoms with Crippen molar-refractivity contribution in [3.63, 3.8) is 0 Å². The number of alkyl carbamates (subject to hydrolysis) is 1. The number of hydrogen-bond acceptors (Lipinski definition) is 7. The molecular formula is C14H20N6O3. The number of nitrogens with one attached hydrogen (secondary N) is 1. The van der Waals surface area contributed by atoms with Gasteiger partial charge in [0.05, 0.1) is 12.7 Å². The van der Waals surface area contributed by atoms with Crippen LogP contribution in [0.1, 0.15) is 49.2 Å². The Balaban J connectivity index is 1.45. The van der Waals surface area contributed by atoms with Crippen molar-refractivity contribution in [2.45, 2.75) is 58.2 Å². The fraction of sp³-hybridized carbons (Fsp3) is 0.643. The van der Waals surface area contributed by atoms with Gasteiger partial charge >= 0.3 is 6.09 Å². The average Bonchev–Trinajstić information content (AvgIpc) is 3.16. The number of carbonyl (C=O) groups is 1. The molecule has 0 unspecified atom stereocenters. The molecule has 2 heterocycles. The Hall–Kier alpha value is -2.45. The van der Waals surface area contributed by atoms with Gasteiger partial charge < -0.3 is 10.1 Å². The molecule has 2 aromatic heterocycles. The van der Waals surface area contributed by atoms with E-state index in [-0.39, 0.29) is 12.6 Å². The number of aryl methyl sites for hydroxylation is 1. The maximum atomic E-state index is 11.8. The first-order valence-electron chi connectivity index (χ1n) is 7.81. The lowest BCUT2D eigenvalue weighted by atomic mass is 9.96. The molecule has 23 heavy (non-hydrogen) atoms. The minimum Gasteiger partial charge on any atom is -0.443 e. The van der Waals surface area contributed by atoms with Gasteiger partial charge in [0.25, 0.3) is 0 Å². The lowest BCUT2D eigenvalue weighted by Crippen LogP contribution is -2.36. The number of hydrogen-bond donors (Lipinski definition) is 1. The van der Waals surface area contributed by atoms with E-state index in [2.05, 4.69) is 30.6 Å². The van der Waals surface area contributed by atoms with E-state index in [9.17, 15) is 4.79 Å². The second-order valence-corrected chi connectivity index (χ2v) is 5.76. The number of amides is 1. The Morgan fingerprint density at radius 3 is 2.96 bits per heavy atom. The first-order valence-corrected chi connectivity index (χ1v) is 7.81. The Labute approximate surface area is 133 Å². The highest BCUT2D eigenvalue weighted by molar-refractivity contribution is 5.67. The van der Waals surface area contributed by atoms with Gasteiger partial charge in [0.2, 0.25) is 0 Å². The molecule has 0 aliphatic heterocycles. The molecular weight excluding hydrogens is 300 g/mol. The van der Waals surface area contributed by atoms with Crippen LogP contribution in [0.4, 0.5) is 4.79 Å². The van der Waals surface area contributed by atoms with Crippen molar-refractivity contribution in [3.8, 4) is 0 Å². The van der Waals surface area contributed by atoms with Crippen molar-refractivity contribution in [2.75, 3.05) is 0 Å². The second kappa shape index (κ2) is 7.21. The van der Waals surface area contributed by atoms with Gasteiger partial charge in [-0.1, -0.05) is 34.8 Å². The quantitative estimate of drug-likeness (QED) is 0.890. The molecule has 9 heteroatoms. The van der Waals surface area contributed by atoms with Gasteiger partial charge in [0.1, 0.15) is 23.7 Å². The Kier molecular flexibility index (Phi) is 4.84. The van der Waals surface area contributed by atoms with Crippen molar-refractivity contribution in [2.24, 2.45) is 0 Å². The fourth-order valence-corrected chi connectivity index (χ4v) is 2.62. The van der Waals surface area contributed by atoms with Crippen LogP contribution >= 0.6 is 0 Å². The van der Waals surface area contributed by atoms with Crippen LogP contribution in [0.5, 0.6) is 0 Å². The maximum Gasteiger partial charge on any atom is 0.407 e. The lowest BCUT2D eigenvalue weighted by molar-refractivity contribution is 0.131. The minimum atomic E-state index is -0.400. The molecule has 0 aromatic carbocycles. The molecule has 1 aliphatic carbocycles. The minimum absolute atomic E-state index is 0.0919. The molecule has 9 nitrogen and oxygen atoms in total. The summed E-state index contributed by atoms with van der Waals surface area (Å²) in [6.07, 6.45) is 6.93. The highest BCUT2D eigenvalue weighted by atomic mass is 16.6. The Morgan fingerprint density at radius 2 is 2.22 bits per heavy atom. The summed E-state index contributed by atoms with van der Waals surface area (Å²) < 4.78 is 11.4. The van der Waals surface area contributed by atoms with Gasteiger partial charge in [-0.05, 0) is 19.8 Å². The smallest absolute Gasteiger partial charge is 0.407 e. The van der Waals surface area contributed by atoms with Crippen LogP contribution in [-0.2, 0) is 17.9 Å². The van der Waals surface area contributed by atoms with Crippen LogP contribution < -0.4 is 5.32 Å². The third-order valence-electron chi connectivity index (χ3n) is 3.92. The van der Waals surface area contributed by atoms with E-state index in [1.54, 1.807) is 10.9 Å². The first kappa shape index (κ1) is 15.4. The molecule has 0 spiro atoms. The zero-order chi connectivity index (χ0) is 16.1. The molecule has 2 aromatic rings. The van der Waals surface area contributed by atoms with Crippen molar-refractivity contribution < 1.29 is 14.2 Å². The molecule has 0 radical (unpaired) electrons. The molecule has 0 saturated heterocycles. The Bertz CT molecular complexity index is 646. The third-order valence-corrected chi connectivity index (χ3v) is 3.92. The van der Waals surface area contributed by atoms with Crippen molar-refractivity contribution in [1.29, 1.82) is 0 Å². The molecule has 0 bridgehead atoms. The van der Waals surface area contributed by atoms with Crippen LogP contribution in [0.15, 0.2) is 10.8 Å². The predicted octanol–water partition coefficient (Wildman–Crippen LogP) is 1.58. The highest BCUT2D eigenvalue weighted by Crippen LogP contribution is 2.17. The zero-order valence-electron chi connectivity index (χ0n) is 13.1. The highest BCUT2D eigenvalue weighted by Gasteiger charge is 2.16. The molecule has 1 saturated carbocycles. The van der Waals surface area contributed by atoms with Gasteiger partial charge in [0, 0.05) is 6.04 Å². The number of ether oxygens (including phenoxy) is 1. The van der Waals surface area contributed by atoms with E-state index >= 15 is 0 Å². The van der Waals surface area contributed by atoms with E-state index in [1.807, 2.05) is 6.92 Å². The van der Waals surface area contributed by atoms with Crippen molar-refractivity contribution in [1.82, 2.24) is 30.6 Å². The summed E-state index contributed by atoms with van der Waals surface area (Å²) in [5.74, 6) is 0. The van der Waals surface area contributed by atoms with Crippen LogP contribution in [-0.4, -0.2) is 37.4 Å². The summed E-state index contributed by atoms with van der Waals surface area (Å²) in [5.41, 5.74) is 1.99. The van der Waals surface area contributed by atoms with Crippen molar-refractivity contribution >= 4 is 6.09 Å². The molecule has 1 aliphatic rings. The average molecular weight is 320 g/mol. The topological polar surface area (TPSA) is 108 Å². The molecule has 1 amide bonds. The summed E-state index contributed by atoms with van der Waals surface area (Å²) in [4.78, 5) is 11.8. The standard InChI is InChI=1S/C14H20N6O3/c1-10-13(18-23-17-10)8-20-7-12(16-19-20)9-22-14(21)15-11-5-3-2-4-6-11/h7,11H,2-6,8-9H2,1H3,(H,15,21). The van der Waals surface area contributed by atoms with E-state index in [1.165, 1.54) is 6.42 Å². The lowest BCUT2D eigenvalue weighted by Gasteiger charge is -2.22. The molecule has 124 valence electrons. The summed E-state index contributed by atoms with van der Waals surface area (Å²) >= 11 is 0. The number of nitrogens with zero attached hydrogens (tertiary/aromatic N) is 5. The summed E-state index contributed by atoms with van der Waals surface area (Å²) in [7, 11) is 0. The van der Waals surface area contributed by atoms with E-state index in [0.29, 0.717) is 23.6 Å². The van der Waals surface area contributed by atoms with Crippen molar-refractivity contribution in [3.05, 3.63) is 23.3 Å². The van der Waals surface area contributed by atoms with Crippen LogP contribution in [0.2, 0.25) is 0 Å². The monoisotopic (exact) mass is 320 g/mol. The van der Waals surface area contributed by atoms with Crippen LogP contribution in [0, 0.1) is 6.92 Å². The van der Waals surface area contributed by atoms with Gasteiger partial charge in [-0.15, -0.1) is 5.10 Å². The Morgan fingerprint density at radius 1 is 1.39 bits per heavy atom. The summed E-state index contributed by atoms with van der Waals surface area (Å²) in [6.45, 7) is 2.31.